The van der Waals surface area contributed by atoms with Crippen LogP contribution in [0.5, 0.6) is 0 Å². The lowest BCUT2D eigenvalue weighted by Gasteiger charge is -2.13. The fourth-order valence-corrected chi connectivity index (χ4v) is 5.07. The second kappa shape index (κ2) is 7.28. The highest BCUT2D eigenvalue weighted by Gasteiger charge is 2.20. The summed E-state index contributed by atoms with van der Waals surface area (Å²) in [5.41, 5.74) is 9.54. The summed E-state index contributed by atoms with van der Waals surface area (Å²) in [7, 11) is 0. The van der Waals surface area contributed by atoms with Gasteiger partial charge < -0.3 is 4.42 Å². The standard InChI is InChI=1S/C30H24N2O/c1-17-9-5-6-11-22(17)23-12-8-14-25-27(23)24-13-7-10-18(2)26(24)29-28(25)32-30(33-29)21-15-19(3)31-20(4)16-21/h5-16H,1-4H3. The van der Waals surface area contributed by atoms with Gasteiger partial charge in [0.1, 0.15) is 5.52 Å². The molecule has 0 N–H and O–H groups in total. The van der Waals surface area contributed by atoms with E-state index in [0.29, 0.717) is 5.89 Å². The number of fused-ring (bicyclic) bond motifs is 6. The van der Waals surface area contributed by atoms with E-state index in [4.69, 9.17) is 9.40 Å². The van der Waals surface area contributed by atoms with Crippen molar-refractivity contribution in [3.8, 4) is 22.6 Å². The molecule has 3 heteroatoms. The Morgan fingerprint density at radius 2 is 1.27 bits per heavy atom. The second-order valence-electron chi connectivity index (χ2n) is 8.88. The van der Waals surface area contributed by atoms with Crippen molar-refractivity contribution in [2.45, 2.75) is 27.7 Å². The number of nitrogens with zero attached hydrogens (tertiary/aromatic N) is 2. The summed E-state index contributed by atoms with van der Waals surface area (Å²) in [6.45, 7) is 8.32. The maximum absolute atomic E-state index is 6.50. The molecule has 0 radical (unpaired) electrons. The Morgan fingerprint density at radius 1 is 0.606 bits per heavy atom. The third-order valence-electron chi connectivity index (χ3n) is 6.48. The van der Waals surface area contributed by atoms with Crippen molar-refractivity contribution in [1.82, 2.24) is 9.97 Å². The number of oxazole rings is 1. The van der Waals surface area contributed by atoms with E-state index in [0.717, 1.165) is 38.8 Å². The van der Waals surface area contributed by atoms with Crippen LogP contribution in [-0.2, 0) is 0 Å². The molecule has 3 nitrogen and oxygen atoms in total. The van der Waals surface area contributed by atoms with E-state index >= 15 is 0 Å². The predicted octanol–water partition coefficient (Wildman–Crippen LogP) is 8.10. The van der Waals surface area contributed by atoms with Crippen LogP contribution >= 0.6 is 0 Å². The third kappa shape index (κ3) is 3.04. The van der Waals surface area contributed by atoms with Gasteiger partial charge in [0.15, 0.2) is 5.58 Å². The van der Waals surface area contributed by atoms with Gasteiger partial charge >= 0.3 is 0 Å². The molecule has 0 saturated heterocycles. The number of hydrogen-bond donors (Lipinski definition) is 0. The molecule has 0 aliphatic heterocycles. The summed E-state index contributed by atoms with van der Waals surface area (Å²) in [6.07, 6.45) is 0. The van der Waals surface area contributed by atoms with Gasteiger partial charge in [-0.15, -0.1) is 0 Å². The van der Waals surface area contributed by atoms with Gasteiger partial charge in [-0.1, -0.05) is 60.7 Å². The molecular weight excluding hydrogens is 404 g/mol. The Labute approximate surface area is 192 Å². The molecule has 33 heavy (non-hydrogen) atoms. The summed E-state index contributed by atoms with van der Waals surface area (Å²) in [5, 5.41) is 4.66. The monoisotopic (exact) mass is 428 g/mol. The van der Waals surface area contributed by atoms with Crippen LogP contribution in [0.25, 0.3) is 55.2 Å². The highest BCUT2D eigenvalue weighted by molar-refractivity contribution is 6.27. The largest absolute Gasteiger partial charge is 0.435 e. The third-order valence-corrected chi connectivity index (χ3v) is 6.48. The first-order valence-electron chi connectivity index (χ1n) is 11.3. The number of aryl methyl sites for hydroxylation is 4. The van der Waals surface area contributed by atoms with Gasteiger partial charge in [0.2, 0.25) is 5.89 Å². The van der Waals surface area contributed by atoms with Crippen molar-refractivity contribution in [2.75, 3.05) is 0 Å². The molecule has 0 aliphatic carbocycles. The molecule has 4 aromatic carbocycles. The average Bonchev–Trinajstić information content (AvgIpc) is 3.24. The van der Waals surface area contributed by atoms with Crippen LogP contribution in [0.3, 0.4) is 0 Å². The van der Waals surface area contributed by atoms with Gasteiger partial charge in [0, 0.05) is 27.7 Å². The molecule has 160 valence electrons. The van der Waals surface area contributed by atoms with Crippen LogP contribution in [0, 0.1) is 27.7 Å². The molecular formula is C30H24N2O. The van der Waals surface area contributed by atoms with Crippen LogP contribution in [0.2, 0.25) is 0 Å². The molecule has 0 amide bonds. The van der Waals surface area contributed by atoms with Crippen molar-refractivity contribution in [3.63, 3.8) is 0 Å². The molecule has 0 spiro atoms. The molecule has 0 aliphatic rings. The van der Waals surface area contributed by atoms with Crippen molar-refractivity contribution in [2.24, 2.45) is 0 Å². The second-order valence-corrected chi connectivity index (χ2v) is 8.88. The maximum Gasteiger partial charge on any atom is 0.227 e. The number of rotatable bonds is 2. The quantitative estimate of drug-likeness (QED) is 0.262. The molecule has 2 aromatic heterocycles. The van der Waals surface area contributed by atoms with Gasteiger partial charge in [0.05, 0.1) is 0 Å². The highest BCUT2D eigenvalue weighted by Crippen LogP contribution is 2.42. The molecule has 0 unspecified atom stereocenters. The zero-order valence-electron chi connectivity index (χ0n) is 19.2. The number of hydrogen-bond acceptors (Lipinski definition) is 3. The smallest absolute Gasteiger partial charge is 0.227 e. The van der Waals surface area contributed by atoms with Gasteiger partial charge in [-0.25, -0.2) is 4.98 Å². The van der Waals surface area contributed by atoms with E-state index < -0.39 is 0 Å². The summed E-state index contributed by atoms with van der Waals surface area (Å²) in [6, 6.07) is 25.6. The summed E-state index contributed by atoms with van der Waals surface area (Å²) >= 11 is 0. The van der Waals surface area contributed by atoms with Crippen molar-refractivity contribution >= 4 is 32.6 Å². The van der Waals surface area contributed by atoms with Crippen LogP contribution in [0.1, 0.15) is 22.5 Å². The minimum atomic E-state index is 0.636. The van der Waals surface area contributed by atoms with E-state index in [2.05, 4.69) is 79.5 Å². The van der Waals surface area contributed by atoms with Crippen molar-refractivity contribution in [1.29, 1.82) is 0 Å². The lowest BCUT2D eigenvalue weighted by Crippen LogP contribution is -1.89. The van der Waals surface area contributed by atoms with E-state index in [1.165, 1.54) is 33.0 Å². The normalized spacial score (nSPS) is 11.6. The first-order chi connectivity index (χ1) is 16.0. The molecule has 0 saturated carbocycles. The lowest BCUT2D eigenvalue weighted by molar-refractivity contribution is 0.622. The topological polar surface area (TPSA) is 38.9 Å². The zero-order chi connectivity index (χ0) is 22.7. The Morgan fingerprint density at radius 3 is 2.06 bits per heavy atom. The molecule has 2 heterocycles. The molecule has 0 bridgehead atoms. The highest BCUT2D eigenvalue weighted by atomic mass is 16.3. The minimum absolute atomic E-state index is 0.636. The van der Waals surface area contributed by atoms with Crippen molar-refractivity contribution in [3.05, 3.63) is 95.3 Å². The van der Waals surface area contributed by atoms with Crippen LogP contribution in [-0.4, -0.2) is 9.97 Å². The summed E-state index contributed by atoms with van der Waals surface area (Å²) in [5.74, 6) is 0.636. The van der Waals surface area contributed by atoms with E-state index in [9.17, 15) is 0 Å². The first-order valence-corrected chi connectivity index (χ1v) is 11.3. The fraction of sp³-hybridized carbons (Fsp3) is 0.133. The average molecular weight is 429 g/mol. The number of pyridine rings is 1. The number of benzene rings is 4. The van der Waals surface area contributed by atoms with Crippen molar-refractivity contribution < 1.29 is 4.42 Å². The zero-order valence-corrected chi connectivity index (χ0v) is 19.2. The number of aromatic nitrogens is 2. The van der Waals surface area contributed by atoms with Gasteiger partial charge in [-0.3, -0.25) is 4.98 Å². The van der Waals surface area contributed by atoms with Crippen LogP contribution in [0.4, 0.5) is 0 Å². The lowest BCUT2D eigenvalue weighted by atomic mass is 9.90. The van der Waals surface area contributed by atoms with Crippen LogP contribution < -0.4 is 0 Å². The van der Waals surface area contributed by atoms with E-state index in [1.54, 1.807) is 0 Å². The molecule has 6 aromatic rings. The van der Waals surface area contributed by atoms with Gasteiger partial charge in [-0.2, -0.15) is 0 Å². The fourth-order valence-electron chi connectivity index (χ4n) is 5.07. The Bertz CT molecular complexity index is 1690. The molecule has 6 rings (SSSR count). The first kappa shape index (κ1) is 19.7. The van der Waals surface area contributed by atoms with E-state index in [-0.39, 0.29) is 0 Å². The molecule has 0 fully saturated rings. The Kier molecular flexibility index (Phi) is 4.34. The summed E-state index contributed by atoms with van der Waals surface area (Å²) in [4.78, 5) is 9.56. The predicted molar refractivity (Wildman–Crippen MR) is 137 cm³/mol. The summed E-state index contributed by atoms with van der Waals surface area (Å²) < 4.78 is 6.50. The molecule has 0 atom stereocenters. The maximum atomic E-state index is 6.50. The minimum Gasteiger partial charge on any atom is -0.435 e. The SMILES string of the molecule is Cc1cc(-c2nc3c4cccc(-c5ccccc5C)c4c4cccc(C)c4c3o2)cc(C)n1. The van der Waals surface area contributed by atoms with Crippen LogP contribution in [0.15, 0.2) is 77.2 Å². The van der Waals surface area contributed by atoms with Gasteiger partial charge in [0.25, 0.3) is 0 Å². The Balaban J connectivity index is 1.79. The Hall–Kier alpha value is -3.98. The van der Waals surface area contributed by atoms with Gasteiger partial charge in [-0.05, 0) is 72.9 Å². The van der Waals surface area contributed by atoms with E-state index in [1.807, 2.05) is 26.0 Å².